The van der Waals surface area contributed by atoms with E-state index in [4.69, 9.17) is 0 Å². The molecule has 1 atom stereocenters. The SMILES string of the molecule is CC1=[N+](C)N(c2ccccc2)C(=O)C1NC(=O)Cn1nnc2sc3c(c2c1=O)CCCC3. The molecule has 1 N–H and O–H groups in total. The van der Waals surface area contributed by atoms with Crippen LogP contribution in [0, 0.1) is 0 Å². The number of para-hydroxylation sites is 1. The van der Waals surface area contributed by atoms with Gasteiger partial charge in [-0.1, -0.05) is 28.4 Å². The topological polar surface area (TPSA) is 100 Å². The third-order valence-electron chi connectivity index (χ3n) is 6.13. The number of aryl methyl sites for hydroxylation is 2. The average molecular weight is 452 g/mol. The van der Waals surface area contributed by atoms with Gasteiger partial charge in [0.2, 0.25) is 11.6 Å². The van der Waals surface area contributed by atoms with Crippen LogP contribution in [0.5, 0.6) is 0 Å². The number of carbonyl (C=O) groups is 2. The van der Waals surface area contributed by atoms with Gasteiger partial charge in [0.05, 0.1) is 5.39 Å². The maximum Gasteiger partial charge on any atom is 0.316 e. The van der Waals surface area contributed by atoms with E-state index < -0.39 is 11.9 Å². The summed E-state index contributed by atoms with van der Waals surface area (Å²) in [5.74, 6) is -0.726. The zero-order chi connectivity index (χ0) is 22.4. The van der Waals surface area contributed by atoms with Gasteiger partial charge in [0.1, 0.15) is 12.2 Å². The van der Waals surface area contributed by atoms with Gasteiger partial charge in [-0.25, -0.2) is 4.68 Å². The highest BCUT2D eigenvalue weighted by Crippen LogP contribution is 2.33. The standard InChI is InChI=1S/C22H22N6O3S/c1-13-19(22(31)28(26(13)2)14-8-4-3-5-9-14)23-17(29)12-27-21(30)18-15-10-6-7-11-16(15)32-20(18)24-25-27/h3-5,8-9,19H,6-7,10-12H2,1-2H3/p+1. The van der Waals surface area contributed by atoms with Crippen LogP contribution < -0.4 is 15.9 Å². The smallest absolute Gasteiger partial charge is 0.316 e. The number of nitrogens with zero attached hydrogens (tertiary/aromatic N) is 5. The van der Waals surface area contributed by atoms with Gasteiger partial charge in [-0.2, -0.15) is 0 Å². The van der Waals surface area contributed by atoms with Crippen molar-refractivity contribution in [2.24, 2.45) is 0 Å². The summed E-state index contributed by atoms with van der Waals surface area (Å²) >= 11 is 1.52. The minimum Gasteiger partial charge on any atom is -0.334 e. The number of thiophene rings is 1. The maximum absolute atomic E-state index is 13.1. The first-order valence-electron chi connectivity index (χ1n) is 10.6. The molecule has 1 aromatic carbocycles. The first kappa shape index (κ1) is 20.5. The second-order valence-corrected chi connectivity index (χ2v) is 9.18. The Balaban J connectivity index is 1.37. The van der Waals surface area contributed by atoms with Crippen LogP contribution in [-0.4, -0.2) is 50.3 Å². The van der Waals surface area contributed by atoms with Crippen molar-refractivity contribution >= 4 is 44.8 Å². The lowest BCUT2D eigenvalue weighted by atomic mass is 9.97. The molecule has 0 saturated carbocycles. The van der Waals surface area contributed by atoms with E-state index in [1.807, 2.05) is 30.3 Å². The molecule has 0 spiro atoms. The number of amides is 2. The van der Waals surface area contributed by atoms with Crippen molar-refractivity contribution in [2.45, 2.75) is 45.2 Å². The van der Waals surface area contributed by atoms with Crippen molar-refractivity contribution in [3.63, 3.8) is 0 Å². The Labute approximate surface area is 187 Å². The van der Waals surface area contributed by atoms with Crippen LogP contribution in [0.2, 0.25) is 0 Å². The summed E-state index contributed by atoms with van der Waals surface area (Å²) in [7, 11) is 1.77. The summed E-state index contributed by atoms with van der Waals surface area (Å²) in [5.41, 5.74) is 2.16. The van der Waals surface area contributed by atoms with Crippen LogP contribution >= 0.6 is 11.3 Å². The van der Waals surface area contributed by atoms with Gasteiger partial charge in [0.15, 0.2) is 17.9 Å². The number of anilines is 1. The molecular weight excluding hydrogens is 428 g/mol. The second kappa shape index (κ2) is 7.94. The molecule has 2 aliphatic rings. The fourth-order valence-corrected chi connectivity index (χ4v) is 5.58. The van der Waals surface area contributed by atoms with Gasteiger partial charge < -0.3 is 5.32 Å². The monoisotopic (exact) mass is 451 g/mol. The van der Waals surface area contributed by atoms with E-state index in [9.17, 15) is 14.4 Å². The fraction of sp³-hybridized carbons (Fsp3) is 0.364. The molecule has 3 aromatic rings. The summed E-state index contributed by atoms with van der Waals surface area (Å²) in [4.78, 5) is 40.7. The van der Waals surface area contributed by atoms with E-state index in [0.29, 0.717) is 21.6 Å². The Hall–Kier alpha value is -3.40. The number of nitrogens with one attached hydrogen (secondary N) is 1. The molecule has 0 bridgehead atoms. The summed E-state index contributed by atoms with van der Waals surface area (Å²) in [6.45, 7) is 1.50. The van der Waals surface area contributed by atoms with E-state index >= 15 is 0 Å². The molecule has 2 aromatic heterocycles. The lowest BCUT2D eigenvalue weighted by molar-refractivity contribution is -0.495. The number of carbonyl (C=O) groups excluding carboxylic acids is 2. The molecule has 1 unspecified atom stereocenters. The van der Waals surface area contributed by atoms with E-state index in [-0.39, 0.29) is 18.0 Å². The van der Waals surface area contributed by atoms with Crippen molar-refractivity contribution in [2.75, 3.05) is 12.1 Å². The van der Waals surface area contributed by atoms with E-state index in [1.54, 1.807) is 18.7 Å². The highest BCUT2D eigenvalue weighted by molar-refractivity contribution is 7.18. The van der Waals surface area contributed by atoms with Gasteiger partial charge in [0.25, 0.3) is 5.56 Å². The molecule has 1 aliphatic heterocycles. The summed E-state index contributed by atoms with van der Waals surface area (Å²) < 4.78 is 2.81. The number of fused-ring (bicyclic) bond motifs is 3. The number of aromatic nitrogens is 3. The van der Waals surface area contributed by atoms with Crippen LogP contribution in [0.25, 0.3) is 10.2 Å². The number of hydrazine groups is 1. The molecule has 10 heteroatoms. The van der Waals surface area contributed by atoms with Gasteiger partial charge in [-0.05, 0) is 43.4 Å². The molecular formula is C22H23N6O3S+. The largest absolute Gasteiger partial charge is 0.334 e. The second-order valence-electron chi connectivity index (χ2n) is 8.09. The molecule has 2 amide bonds. The summed E-state index contributed by atoms with van der Waals surface area (Å²) in [5, 5.41) is 13.0. The zero-order valence-electron chi connectivity index (χ0n) is 17.9. The molecule has 3 heterocycles. The van der Waals surface area contributed by atoms with Crippen LogP contribution in [0.15, 0.2) is 35.1 Å². The minimum absolute atomic E-state index is 0.259. The third kappa shape index (κ3) is 3.31. The number of benzene rings is 1. The van der Waals surface area contributed by atoms with Crippen molar-refractivity contribution in [3.05, 3.63) is 51.1 Å². The fourth-order valence-electron chi connectivity index (χ4n) is 4.38. The lowest BCUT2D eigenvalue weighted by Crippen LogP contribution is -2.47. The van der Waals surface area contributed by atoms with Gasteiger partial charge >= 0.3 is 5.91 Å². The first-order chi connectivity index (χ1) is 15.5. The number of hydrogen-bond acceptors (Lipinski definition) is 6. The van der Waals surface area contributed by atoms with E-state index in [0.717, 1.165) is 35.9 Å². The van der Waals surface area contributed by atoms with Crippen LogP contribution in [-0.2, 0) is 29.0 Å². The Morgan fingerprint density at radius 2 is 1.97 bits per heavy atom. The van der Waals surface area contributed by atoms with Crippen LogP contribution in [0.4, 0.5) is 5.69 Å². The Morgan fingerprint density at radius 3 is 2.75 bits per heavy atom. The van der Waals surface area contributed by atoms with Crippen molar-refractivity contribution < 1.29 is 14.3 Å². The molecule has 0 fully saturated rings. The third-order valence-corrected chi connectivity index (χ3v) is 7.30. The van der Waals surface area contributed by atoms with Crippen LogP contribution in [0.1, 0.15) is 30.2 Å². The molecule has 0 saturated heterocycles. The van der Waals surface area contributed by atoms with E-state index in [1.165, 1.54) is 21.2 Å². The quantitative estimate of drug-likeness (QED) is 0.603. The van der Waals surface area contributed by atoms with Gasteiger partial charge in [-0.15, -0.1) is 21.1 Å². The predicted octanol–water partition coefficient (Wildman–Crippen LogP) is 1.28. The minimum atomic E-state index is -0.811. The Kier molecular flexibility index (Phi) is 5.09. The van der Waals surface area contributed by atoms with Gasteiger partial charge in [-0.3, -0.25) is 14.4 Å². The summed E-state index contributed by atoms with van der Waals surface area (Å²) in [6, 6.07) is 8.42. The van der Waals surface area contributed by atoms with Crippen molar-refractivity contribution in [1.29, 1.82) is 0 Å². The average Bonchev–Trinajstić information content (AvgIpc) is 3.27. The number of hydrazone groups is 1. The number of rotatable bonds is 4. The molecule has 9 nitrogen and oxygen atoms in total. The highest BCUT2D eigenvalue weighted by Gasteiger charge is 2.45. The van der Waals surface area contributed by atoms with Crippen molar-refractivity contribution in [3.8, 4) is 0 Å². The molecule has 5 rings (SSSR count). The maximum atomic E-state index is 13.1. The highest BCUT2D eigenvalue weighted by atomic mass is 32.1. The lowest BCUT2D eigenvalue weighted by Gasteiger charge is -2.13. The first-order valence-corrected chi connectivity index (χ1v) is 11.4. The predicted molar refractivity (Wildman–Crippen MR) is 121 cm³/mol. The number of hydrogen-bond donors (Lipinski definition) is 1. The molecule has 164 valence electrons. The molecule has 0 radical (unpaired) electrons. The zero-order valence-corrected chi connectivity index (χ0v) is 18.7. The van der Waals surface area contributed by atoms with Gasteiger partial charge in [0, 0.05) is 11.8 Å². The van der Waals surface area contributed by atoms with Crippen LogP contribution in [0.3, 0.4) is 0 Å². The molecule has 32 heavy (non-hydrogen) atoms. The molecule has 1 aliphatic carbocycles. The van der Waals surface area contributed by atoms with Crippen molar-refractivity contribution in [1.82, 2.24) is 20.3 Å². The Bertz CT molecular complexity index is 1330. The summed E-state index contributed by atoms with van der Waals surface area (Å²) in [6.07, 6.45) is 3.98. The normalized spacial score (nSPS) is 18.4. The van der Waals surface area contributed by atoms with E-state index in [2.05, 4.69) is 15.6 Å². The Morgan fingerprint density at radius 1 is 1.22 bits per heavy atom.